The number of primary amides is 1. The maximum Gasteiger partial charge on any atom is 0.335 e. The van der Waals surface area contributed by atoms with Gasteiger partial charge in [0.05, 0.1) is 16.6 Å². The summed E-state index contributed by atoms with van der Waals surface area (Å²) in [6, 6.07) is 13.7. The summed E-state index contributed by atoms with van der Waals surface area (Å²) in [5.41, 5.74) is 8.85. The van der Waals surface area contributed by atoms with Gasteiger partial charge in [-0.1, -0.05) is 12.1 Å². The zero-order valence-corrected chi connectivity index (χ0v) is 16.8. The van der Waals surface area contributed by atoms with Crippen LogP contribution in [0, 0.1) is 0 Å². The van der Waals surface area contributed by atoms with Crippen LogP contribution in [-0.2, 0) is 11.2 Å². The summed E-state index contributed by atoms with van der Waals surface area (Å²) in [6.07, 6.45) is 3.47. The topological polar surface area (TPSA) is 151 Å². The summed E-state index contributed by atoms with van der Waals surface area (Å²) in [7, 11) is 0. The van der Waals surface area contributed by atoms with Crippen LogP contribution < -0.4 is 11.1 Å². The van der Waals surface area contributed by atoms with E-state index < -0.39 is 23.8 Å². The smallest absolute Gasteiger partial charge is 0.335 e. The number of amides is 2. The van der Waals surface area contributed by atoms with E-state index in [1.807, 2.05) is 12.1 Å². The molecule has 32 heavy (non-hydrogen) atoms. The number of aromatic amines is 1. The van der Waals surface area contributed by atoms with E-state index in [4.69, 9.17) is 10.8 Å². The van der Waals surface area contributed by atoms with Crippen molar-refractivity contribution in [2.45, 2.75) is 12.5 Å². The van der Waals surface area contributed by atoms with Gasteiger partial charge in [-0.25, -0.2) is 9.78 Å². The Labute approximate surface area is 182 Å². The second kappa shape index (κ2) is 8.68. The van der Waals surface area contributed by atoms with Crippen molar-refractivity contribution in [3.8, 4) is 11.4 Å². The maximum absolute atomic E-state index is 12.8. The SMILES string of the molecule is NC(=O)C(Cc1ccc(C(=O)O)cc1)NC(=O)c1ccc2nc(-c3ccncc3)[nH]c2c1. The Kier molecular flexibility index (Phi) is 5.63. The lowest BCUT2D eigenvalue weighted by molar-refractivity contribution is -0.119. The lowest BCUT2D eigenvalue weighted by atomic mass is 10.0. The molecule has 4 rings (SSSR count). The summed E-state index contributed by atoms with van der Waals surface area (Å²) in [6.45, 7) is 0. The van der Waals surface area contributed by atoms with Crippen molar-refractivity contribution in [3.63, 3.8) is 0 Å². The second-order valence-corrected chi connectivity index (χ2v) is 7.19. The average molecular weight is 429 g/mol. The van der Waals surface area contributed by atoms with Crippen LogP contribution in [0.1, 0.15) is 26.3 Å². The molecule has 0 saturated carbocycles. The Morgan fingerprint density at radius 2 is 1.69 bits per heavy atom. The molecule has 0 aliphatic carbocycles. The third-order valence-electron chi connectivity index (χ3n) is 4.99. The van der Waals surface area contributed by atoms with Gasteiger partial charge in [-0.15, -0.1) is 0 Å². The summed E-state index contributed by atoms with van der Waals surface area (Å²) < 4.78 is 0. The lowest BCUT2D eigenvalue weighted by Gasteiger charge is -2.16. The molecule has 1 atom stereocenters. The first-order valence-electron chi connectivity index (χ1n) is 9.73. The number of hydrogen-bond donors (Lipinski definition) is 4. The van der Waals surface area contributed by atoms with Gasteiger partial charge >= 0.3 is 5.97 Å². The maximum atomic E-state index is 12.8. The largest absolute Gasteiger partial charge is 0.478 e. The minimum absolute atomic E-state index is 0.132. The molecule has 2 heterocycles. The number of nitrogens with one attached hydrogen (secondary N) is 2. The van der Waals surface area contributed by atoms with Crippen LogP contribution in [-0.4, -0.2) is 43.9 Å². The Balaban J connectivity index is 1.51. The number of H-pyrrole nitrogens is 1. The minimum Gasteiger partial charge on any atom is -0.478 e. The molecule has 9 nitrogen and oxygen atoms in total. The molecular weight excluding hydrogens is 410 g/mol. The molecular formula is C23H19N5O4. The molecule has 0 spiro atoms. The molecule has 2 aromatic heterocycles. The number of pyridine rings is 1. The van der Waals surface area contributed by atoms with Gasteiger partial charge in [0.25, 0.3) is 5.91 Å². The van der Waals surface area contributed by atoms with Gasteiger partial charge in [0.2, 0.25) is 5.91 Å². The number of benzene rings is 2. The van der Waals surface area contributed by atoms with Crippen molar-refractivity contribution in [2.24, 2.45) is 5.73 Å². The minimum atomic E-state index is -1.04. The third kappa shape index (κ3) is 4.46. The lowest BCUT2D eigenvalue weighted by Crippen LogP contribution is -2.45. The Morgan fingerprint density at radius 3 is 2.34 bits per heavy atom. The van der Waals surface area contributed by atoms with Gasteiger partial charge < -0.3 is 21.1 Å². The summed E-state index contributed by atoms with van der Waals surface area (Å²) in [4.78, 5) is 47.3. The average Bonchev–Trinajstić information content (AvgIpc) is 3.23. The normalized spacial score (nSPS) is 11.8. The van der Waals surface area contributed by atoms with Crippen molar-refractivity contribution < 1.29 is 19.5 Å². The number of carboxylic acids is 1. The first-order valence-corrected chi connectivity index (χ1v) is 9.73. The number of nitrogens with zero attached hydrogens (tertiary/aromatic N) is 2. The molecule has 1 unspecified atom stereocenters. The van der Waals surface area contributed by atoms with Gasteiger partial charge in [-0.05, 0) is 48.0 Å². The zero-order chi connectivity index (χ0) is 22.7. The van der Waals surface area contributed by atoms with Crippen molar-refractivity contribution >= 4 is 28.8 Å². The van der Waals surface area contributed by atoms with E-state index in [0.29, 0.717) is 28.0 Å². The number of nitrogens with two attached hydrogens (primary N) is 1. The molecule has 2 aromatic carbocycles. The highest BCUT2D eigenvalue weighted by Gasteiger charge is 2.20. The number of aromatic nitrogens is 3. The van der Waals surface area contributed by atoms with E-state index in [1.165, 1.54) is 12.1 Å². The molecule has 9 heteroatoms. The molecule has 4 aromatic rings. The number of carbonyl (C=O) groups is 3. The summed E-state index contributed by atoms with van der Waals surface area (Å²) in [5, 5.41) is 11.6. The highest BCUT2D eigenvalue weighted by molar-refractivity contribution is 6.00. The van der Waals surface area contributed by atoms with Crippen LogP contribution in [0.3, 0.4) is 0 Å². The van der Waals surface area contributed by atoms with Gasteiger partial charge in [0.1, 0.15) is 11.9 Å². The van der Waals surface area contributed by atoms with Crippen LogP contribution in [0.5, 0.6) is 0 Å². The monoisotopic (exact) mass is 429 g/mol. The predicted molar refractivity (Wildman–Crippen MR) is 117 cm³/mol. The van der Waals surface area contributed by atoms with Gasteiger partial charge in [0, 0.05) is 29.9 Å². The van der Waals surface area contributed by atoms with Crippen molar-refractivity contribution in [3.05, 3.63) is 83.7 Å². The first-order chi connectivity index (χ1) is 15.4. The molecule has 160 valence electrons. The molecule has 2 amide bonds. The van der Waals surface area contributed by atoms with E-state index >= 15 is 0 Å². The second-order valence-electron chi connectivity index (χ2n) is 7.19. The molecule has 0 fully saturated rings. The fourth-order valence-electron chi connectivity index (χ4n) is 3.28. The Hall–Kier alpha value is -4.53. The number of fused-ring (bicyclic) bond motifs is 1. The van der Waals surface area contributed by atoms with Gasteiger partial charge in [-0.3, -0.25) is 14.6 Å². The van der Waals surface area contributed by atoms with E-state index in [9.17, 15) is 14.4 Å². The molecule has 0 aliphatic rings. The number of rotatable bonds is 7. The Morgan fingerprint density at radius 1 is 1.00 bits per heavy atom. The predicted octanol–water partition coefficient (Wildman–Crippen LogP) is 2.15. The molecule has 0 radical (unpaired) electrons. The van der Waals surface area contributed by atoms with Crippen LogP contribution >= 0.6 is 0 Å². The molecule has 0 bridgehead atoms. The fraction of sp³-hybridized carbons (Fsp3) is 0.0870. The highest BCUT2D eigenvalue weighted by Crippen LogP contribution is 2.21. The number of aromatic carboxylic acids is 1. The van der Waals surface area contributed by atoms with Crippen molar-refractivity contribution in [1.29, 1.82) is 0 Å². The van der Waals surface area contributed by atoms with Crippen LogP contribution in [0.25, 0.3) is 22.4 Å². The standard InChI is InChI=1S/C23H19N5O4/c24-20(29)19(11-13-1-3-15(4-2-13)23(31)32)28-22(30)16-5-6-17-18(12-16)27-21(26-17)14-7-9-25-10-8-14/h1-10,12,19H,11H2,(H2,24,29)(H,26,27)(H,28,30)(H,31,32). The quantitative estimate of drug-likeness (QED) is 0.353. The zero-order valence-electron chi connectivity index (χ0n) is 16.8. The Bertz CT molecular complexity index is 1300. The highest BCUT2D eigenvalue weighted by atomic mass is 16.4. The summed E-state index contributed by atoms with van der Waals surface area (Å²) in [5.74, 6) is -1.54. The van der Waals surface area contributed by atoms with Crippen LogP contribution in [0.4, 0.5) is 0 Å². The van der Waals surface area contributed by atoms with Crippen molar-refractivity contribution in [2.75, 3.05) is 0 Å². The van der Waals surface area contributed by atoms with E-state index in [-0.39, 0.29) is 12.0 Å². The number of carbonyl (C=O) groups excluding carboxylic acids is 2. The van der Waals surface area contributed by atoms with Gasteiger partial charge in [0.15, 0.2) is 0 Å². The molecule has 5 N–H and O–H groups in total. The van der Waals surface area contributed by atoms with E-state index in [1.54, 1.807) is 42.7 Å². The molecule has 0 aliphatic heterocycles. The number of imidazole rings is 1. The number of hydrogen-bond acceptors (Lipinski definition) is 5. The molecule has 0 saturated heterocycles. The number of carboxylic acid groups (broad SMARTS) is 1. The van der Waals surface area contributed by atoms with Crippen LogP contribution in [0.15, 0.2) is 67.0 Å². The third-order valence-corrected chi connectivity index (χ3v) is 4.99. The van der Waals surface area contributed by atoms with E-state index in [0.717, 1.165) is 5.56 Å². The van der Waals surface area contributed by atoms with Crippen molar-refractivity contribution in [1.82, 2.24) is 20.3 Å². The fourth-order valence-corrected chi connectivity index (χ4v) is 3.28. The first kappa shape index (κ1) is 20.7. The van der Waals surface area contributed by atoms with Gasteiger partial charge in [-0.2, -0.15) is 0 Å². The van der Waals surface area contributed by atoms with Crippen LogP contribution in [0.2, 0.25) is 0 Å². The summed E-state index contributed by atoms with van der Waals surface area (Å²) >= 11 is 0. The van der Waals surface area contributed by atoms with E-state index in [2.05, 4.69) is 20.3 Å².